The van der Waals surface area contributed by atoms with Gasteiger partial charge in [0.1, 0.15) is 5.82 Å². The molecule has 168 valence electrons. The van der Waals surface area contributed by atoms with Crippen LogP contribution in [0.25, 0.3) is 11.3 Å². The number of rotatable bonds is 7. The largest absolute Gasteiger partial charge is 0.382 e. The number of hydrogen-bond donors (Lipinski definition) is 1. The van der Waals surface area contributed by atoms with Crippen molar-refractivity contribution in [3.63, 3.8) is 0 Å². The van der Waals surface area contributed by atoms with Crippen LogP contribution in [0.4, 0.5) is 10.1 Å². The number of ether oxygens (including phenoxy) is 1. The highest BCUT2D eigenvalue weighted by molar-refractivity contribution is 5.84. The molecule has 2 aromatic heterocycles. The Hall–Kier alpha value is -3.58. The number of anilines is 1. The minimum atomic E-state index is -0.193. The first-order chi connectivity index (χ1) is 16.2. The summed E-state index contributed by atoms with van der Waals surface area (Å²) >= 11 is 0. The van der Waals surface area contributed by atoms with Crippen LogP contribution in [0.5, 0.6) is 0 Å². The van der Waals surface area contributed by atoms with Crippen molar-refractivity contribution in [1.29, 1.82) is 0 Å². The molecule has 1 fully saturated rings. The number of benzene rings is 1. The van der Waals surface area contributed by atoms with E-state index in [1.54, 1.807) is 12.1 Å². The van der Waals surface area contributed by atoms with Gasteiger partial charge < -0.3 is 15.0 Å². The van der Waals surface area contributed by atoms with E-state index in [2.05, 4.69) is 38.9 Å². The highest BCUT2D eigenvalue weighted by atomic mass is 19.1. The molecule has 5 rings (SSSR count). The van der Waals surface area contributed by atoms with Crippen molar-refractivity contribution in [1.82, 2.24) is 20.3 Å². The van der Waals surface area contributed by atoms with Crippen LogP contribution in [0.2, 0.25) is 0 Å². The zero-order valence-corrected chi connectivity index (χ0v) is 18.4. The van der Waals surface area contributed by atoms with Gasteiger partial charge in [-0.15, -0.1) is 0 Å². The number of allylic oxidation sites excluding steroid dienone is 1. The second kappa shape index (κ2) is 9.50. The van der Waals surface area contributed by atoms with Crippen LogP contribution in [-0.2, 0) is 17.6 Å². The molecular formula is C26H26FN5O. The second-order valence-corrected chi connectivity index (χ2v) is 8.15. The number of hydrogen-bond acceptors (Lipinski definition) is 6. The first-order valence-electron chi connectivity index (χ1n) is 11.2. The minimum absolute atomic E-state index is 0.193. The molecule has 0 amide bonds. The number of aromatic nitrogens is 3. The van der Waals surface area contributed by atoms with Gasteiger partial charge in [-0.25, -0.2) is 14.4 Å². The van der Waals surface area contributed by atoms with Gasteiger partial charge in [-0.05, 0) is 29.7 Å². The molecule has 3 heterocycles. The third-order valence-corrected chi connectivity index (χ3v) is 6.05. The van der Waals surface area contributed by atoms with Crippen LogP contribution in [0.3, 0.4) is 0 Å². The van der Waals surface area contributed by atoms with Crippen molar-refractivity contribution in [2.75, 3.05) is 37.7 Å². The molecule has 0 spiro atoms. The maximum absolute atomic E-state index is 13.8. The maximum atomic E-state index is 13.8. The van der Waals surface area contributed by atoms with Gasteiger partial charge >= 0.3 is 0 Å². The van der Waals surface area contributed by atoms with Crippen molar-refractivity contribution in [2.24, 2.45) is 0 Å². The predicted octanol–water partition coefficient (Wildman–Crippen LogP) is 3.64. The lowest BCUT2D eigenvalue weighted by molar-refractivity contribution is 0.122. The topological polar surface area (TPSA) is 63.2 Å². The molecule has 2 aliphatic rings. The lowest BCUT2D eigenvalue weighted by Crippen LogP contribution is -2.36. The van der Waals surface area contributed by atoms with Crippen molar-refractivity contribution in [3.8, 4) is 0 Å². The summed E-state index contributed by atoms with van der Waals surface area (Å²) in [7, 11) is 0. The second-order valence-electron chi connectivity index (χ2n) is 8.15. The molecule has 0 saturated carbocycles. The van der Waals surface area contributed by atoms with E-state index in [0.29, 0.717) is 30.1 Å². The molecule has 0 unspecified atom stereocenters. The Morgan fingerprint density at radius 1 is 1.09 bits per heavy atom. The van der Waals surface area contributed by atoms with Crippen LogP contribution in [0.1, 0.15) is 28.2 Å². The van der Waals surface area contributed by atoms with Crippen molar-refractivity contribution >= 4 is 17.0 Å². The molecule has 1 aromatic carbocycles. The average molecular weight is 444 g/mol. The summed E-state index contributed by atoms with van der Waals surface area (Å²) in [6.07, 6.45) is 9.16. The van der Waals surface area contributed by atoms with E-state index < -0.39 is 0 Å². The summed E-state index contributed by atoms with van der Waals surface area (Å²) in [5.74, 6) is 0.341. The lowest BCUT2D eigenvalue weighted by Gasteiger charge is -2.29. The molecule has 1 aliphatic carbocycles. The van der Waals surface area contributed by atoms with E-state index in [4.69, 9.17) is 9.72 Å². The Morgan fingerprint density at radius 2 is 1.88 bits per heavy atom. The molecule has 1 aliphatic heterocycles. The van der Waals surface area contributed by atoms with E-state index in [-0.39, 0.29) is 5.82 Å². The van der Waals surface area contributed by atoms with Crippen LogP contribution in [-0.4, -0.2) is 47.8 Å². The van der Waals surface area contributed by atoms with Gasteiger partial charge in [0.05, 0.1) is 36.5 Å². The van der Waals surface area contributed by atoms with E-state index in [9.17, 15) is 4.39 Å². The summed E-state index contributed by atoms with van der Waals surface area (Å²) in [6, 6.07) is 9.01. The Kier molecular flexibility index (Phi) is 6.13. The molecule has 3 aromatic rings. The van der Waals surface area contributed by atoms with E-state index in [1.165, 1.54) is 6.07 Å². The molecule has 1 N–H and O–H groups in total. The summed E-state index contributed by atoms with van der Waals surface area (Å²) in [4.78, 5) is 16.0. The van der Waals surface area contributed by atoms with Gasteiger partial charge in [0.25, 0.3) is 0 Å². The number of morpholine rings is 1. The smallest absolute Gasteiger partial charge is 0.174 e. The Bertz CT molecular complexity index is 1190. The Labute approximate surface area is 192 Å². The van der Waals surface area contributed by atoms with Crippen molar-refractivity contribution in [3.05, 3.63) is 95.6 Å². The lowest BCUT2D eigenvalue weighted by atomic mass is 10.0. The number of nitrogens with zero attached hydrogens (tertiary/aromatic N) is 4. The SMILES string of the molecule is C=C(NCCc1ccccc1F)c1ncc(C2=CCc3ncc(N4CCOCC4)cc32)cn1. The molecule has 33 heavy (non-hydrogen) atoms. The molecule has 0 bridgehead atoms. The highest BCUT2D eigenvalue weighted by Crippen LogP contribution is 2.33. The number of pyridine rings is 1. The van der Waals surface area contributed by atoms with Gasteiger partial charge in [-0.1, -0.05) is 30.9 Å². The van der Waals surface area contributed by atoms with Crippen LogP contribution in [0, 0.1) is 5.82 Å². The fourth-order valence-corrected chi connectivity index (χ4v) is 4.21. The van der Waals surface area contributed by atoms with E-state index >= 15 is 0 Å². The van der Waals surface area contributed by atoms with Gasteiger partial charge in [-0.2, -0.15) is 0 Å². The average Bonchev–Trinajstić information content (AvgIpc) is 3.29. The molecule has 1 saturated heterocycles. The summed E-state index contributed by atoms with van der Waals surface area (Å²) in [5, 5.41) is 3.20. The van der Waals surface area contributed by atoms with E-state index in [1.807, 2.05) is 24.7 Å². The predicted molar refractivity (Wildman–Crippen MR) is 127 cm³/mol. The number of fused-ring (bicyclic) bond motifs is 1. The molecule has 0 atom stereocenters. The molecule has 7 heteroatoms. The monoisotopic (exact) mass is 443 g/mol. The van der Waals surface area contributed by atoms with Crippen LogP contribution in [0.15, 0.2) is 61.6 Å². The van der Waals surface area contributed by atoms with Gasteiger partial charge in [0, 0.05) is 49.6 Å². The summed E-state index contributed by atoms with van der Waals surface area (Å²) < 4.78 is 19.2. The number of halogens is 1. The van der Waals surface area contributed by atoms with Crippen LogP contribution < -0.4 is 10.2 Å². The Morgan fingerprint density at radius 3 is 2.67 bits per heavy atom. The number of nitrogens with one attached hydrogen (secondary N) is 1. The third-order valence-electron chi connectivity index (χ3n) is 6.05. The first-order valence-corrected chi connectivity index (χ1v) is 11.2. The standard InChI is InChI=1S/C26H26FN5O/c1-18(28-9-8-19-4-2-3-5-24(19)27)26-30-15-20(16-31-26)22-6-7-25-23(22)14-21(17-29-25)32-10-12-33-13-11-32/h2-6,14-17,28H,1,7-13H2. The zero-order valence-electron chi connectivity index (χ0n) is 18.4. The van der Waals surface area contributed by atoms with E-state index in [0.717, 1.165) is 60.8 Å². The summed E-state index contributed by atoms with van der Waals surface area (Å²) in [6.45, 7) is 7.83. The fraction of sp³-hybridized carbons (Fsp3) is 0.269. The van der Waals surface area contributed by atoms with Gasteiger partial charge in [0.15, 0.2) is 5.82 Å². The summed E-state index contributed by atoms with van der Waals surface area (Å²) in [5.41, 5.74) is 6.69. The molecular weight excluding hydrogens is 417 g/mol. The van der Waals surface area contributed by atoms with Gasteiger partial charge in [-0.3, -0.25) is 4.98 Å². The molecule has 0 radical (unpaired) electrons. The highest BCUT2D eigenvalue weighted by Gasteiger charge is 2.20. The molecule has 6 nitrogen and oxygen atoms in total. The normalized spacial score (nSPS) is 15.2. The maximum Gasteiger partial charge on any atom is 0.174 e. The Balaban J connectivity index is 1.25. The quantitative estimate of drug-likeness (QED) is 0.602. The van der Waals surface area contributed by atoms with Crippen molar-refractivity contribution in [2.45, 2.75) is 12.8 Å². The first kappa shape index (κ1) is 21.3. The van der Waals surface area contributed by atoms with Gasteiger partial charge in [0.2, 0.25) is 0 Å². The third kappa shape index (κ3) is 4.64. The van der Waals surface area contributed by atoms with Crippen LogP contribution >= 0.6 is 0 Å². The fourth-order valence-electron chi connectivity index (χ4n) is 4.21. The minimum Gasteiger partial charge on any atom is -0.382 e. The zero-order chi connectivity index (χ0) is 22.6. The van der Waals surface area contributed by atoms with Crippen molar-refractivity contribution < 1.29 is 9.13 Å².